The van der Waals surface area contributed by atoms with Crippen molar-refractivity contribution in [3.63, 3.8) is 0 Å². The summed E-state index contributed by atoms with van der Waals surface area (Å²) in [6.45, 7) is 13.2. The molecule has 0 radical (unpaired) electrons. The Bertz CT molecular complexity index is 361. The van der Waals surface area contributed by atoms with Crippen molar-refractivity contribution in [1.82, 2.24) is 0 Å². The zero-order valence-electron chi connectivity index (χ0n) is 13.8. The van der Waals surface area contributed by atoms with Gasteiger partial charge in [0.25, 0.3) is 0 Å². The van der Waals surface area contributed by atoms with E-state index in [4.69, 9.17) is 9.84 Å². The van der Waals surface area contributed by atoms with Gasteiger partial charge in [-0.2, -0.15) is 0 Å². The summed E-state index contributed by atoms with van der Waals surface area (Å²) in [7, 11) is 0. The van der Waals surface area contributed by atoms with E-state index in [2.05, 4.69) is 43.2 Å². The lowest BCUT2D eigenvalue weighted by Crippen LogP contribution is -1.96. The normalized spacial score (nSPS) is 9.95. The number of ether oxygens (including phenoxy) is 1. The van der Waals surface area contributed by atoms with Crippen molar-refractivity contribution in [3.8, 4) is 0 Å². The first-order valence-electron chi connectivity index (χ1n) is 7.50. The molecule has 0 saturated heterocycles. The Kier molecular flexibility index (Phi) is 19.9. The molecule has 120 valence electrons. The highest BCUT2D eigenvalue weighted by atomic mass is 32.1. The minimum atomic E-state index is 0.133. The van der Waals surface area contributed by atoms with Gasteiger partial charge in [0.15, 0.2) is 0 Å². The molecule has 0 amide bonds. The quantitative estimate of drug-likeness (QED) is 0.545. The average Bonchev–Trinajstić information content (AvgIpc) is 3.05. The van der Waals surface area contributed by atoms with Crippen LogP contribution >= 0.6 is 11.3 Å². The van der Waals surface area contributed by atoms with E-state index in [1.165, 1.54) is 4.88 Å². The molecule has 1 aromatic heterocycles. The van der Waals surface area contributed by atoms with Gasteiger partial charge in [0.05, 0.1) is 13.2 Å². The lowest BCUT2D eigenvalue weighted by molar-refractivity contribution is 0.102. The molecule has 0 aliphatic heterocycles. The van der Waals surface area contributed by atoms with Crippen molar-refractivity contribution >= 4 is 17.4 Å². The summed E-state index contributed by atoms with van der Waals surface area (Å²) >= 11 is 1.74. The molecular weight excluding hydrogens is 280 g/mol. The van der Waals surface area contributed by atoms with Gasteiger partial charge in [-0.15, -0.1) is 11.3 Å². The molecule has 1 rings (SSSR count). The van der Waals surface area contributed by atoms with Crippen molar-refractivity contribution in [1.29, 1.82) is 0 Å². The van der Waals surface area contributed by atoms with E-state index in [1.54, 1.807) is 11.3 Å². The molecule has 0 aliphatic carbocycles. The van der Waals surface area contributed by atoms with E-state index in [-0.39, 0.29) is 6.61 Å². The van der Waals surface area contributed by atoms with Gasteiger partial charge in [-0.1, -0.05) is 51.6 Å². The number of thiophene rings is 1. The Morgan fingerprint density at radius 1 is 1.33 bits per heavy atom. The van der Waals surface area contributed by atoms with E-state index in [0.717, 1.165) is 12.0 Å². The SMILES string of the molecule is C=C(/C=C\CC)/C=C/c1cccs1.CC.CCOCCO. The largest absolute Gasteiger partial charge is 0.394 e. The fraction of sp³-hybridized carbons (Fsp3) is 0.444. The molecule has 0 spiro atoms. The number of aliphatic hydroxyl groups is 1. The number of hydrogen-bond acceptors (Lipinski definition) is 3. The predicted octanol–water partition coefficient (Wildman–Crippen LogP) is 5.33. The van der Waals surface area contributed by atoms with Crippen LogP contribution in [0.5, 0.6) is 0 Å². The first kappa shape index (κ1) is 22.1. The molecule has 0 bridgehead atoms. The van der Waals surface area contributed by atoms with Crippen LogP contribution < -0.4 is 0 Å². The van der Waals surface area contributed by atoms with Gasteiger partial charge >= 0.3 is 0 Å². The van der Waals surface area contributed by atoms with Crippen LogP contribution in [0.4, 0.5) is 0 Å². The van der Waals surface area contributed by atoms with Crippen molar-refractivity contribution in [2.75, 3.05) is 19.8 Å². The summed E-state index contributed by atoms with van der Waals surface area (Å²) in [5, 5.41) is 10.1. The molecule has 1 heterocycles. The van der Waals surface area contributed by atoms with Crippen LogP contribution in [0, 0.1) is 0 Å². The van der Waals surface area contributed by atoms with Gasteiger partial charge in [-0.05, 0) is 36.4 Å². The summed E-state index contributed by atoms with van der Waals surface area (Å²) in [5.41, 5.74) is 1.05. The van der Waals surface area contributed by atoms with Crippen LogP contribution in [0.2, 0.25) is 0 Å². The summed E-state index contributed by atoms with van der Waals surface area (Å²) in [6.07, 6.45) is 9.35. The van der Waals surface area contributed by atoms with Crippen molar-refractivity contribution < 1.29 is 9.84 Å². The second-order valence-electron chi connectivity index (χ2n) is 3.65. The summed E-state index contributed by atoms with van der Waals surface area (Å²) < 4.78 is 4.73. The van der Waals surface area contributed by atoms with Crippen LogP contribution in [0.3, 0.4) is 0 Å². The lowest BCUT2D eigenvalue weighted by atomic mass is 10.2. The van der Waals surface area contributed by atoms with E-state index in [1.807, 2.05) is 32.9 Å². The summed E-state index contributed by atoms with van der Waals surface area (Å²) in [4.78, 5) is 1.27. The molecule has 0 aromatic carbocycles. The second kappa shape index (κ2) is 18.8. The van der Waals surface area contributed by atoms with Gasteiger partial charge in [-0.3, -0.25) is 0 Å². The van der Waals surface area contributed by atoms with Gasteiger partial charge < -0.3 is 9.84 Å². The third kappa shape index (κ3) is 16.8. The Hall–Kier alpha value is -1.16. The molecular formula is C18H30O2S. The third-order valence-corrected chi connectivity index (χ3v) is 2.85. The number of allylic oxidation sites excluding steroid dienone is 4. The van der Waals surface area contributed by atoms with Gasteiger partial charge in [0.1, 0.15) is 0 Å². The molecule has 1 aromatic rings. The van der Waals surface area contributed by atoms with Gasteiger partial charge in [-0.25, -0.2) is 0 Å². The Labute approximate surface area is 134 Å². The van der Waals surface area contributed by atoms with E-state index < -0.39 is 0 Å². The highest BCUT2D eigenvalue weighted by molar-refractivity contribution is 7.10. The molecule has 0 aliphatic rings. The topological polar surface area (TPSA) is 29.5 Å². The Morgan fingerprint density at radius 2 is 2.05 bits per heavy atom. The predicted molar refractivity (Wildman–Crippen MR) is 96.9 cm³/mol. The molecule has 0 fully saturated rings. The van der Waals surface area contributed by atoms with Crippen molar-refractivity contribution in [3.05, 3.63) is 52.8 Å². The summed E-state index contributed by atoms with van der Waals surface area (Å²) in [5.74, 6) is 0. The highest BCUT2D eigenvalue weighted by Crippen LogP contribution is 2.11. The molecule has 0 atom stereocenters. The molecule has 1 N–H and O–H groups in total. The lowest BCUT2D eigenvalue weighted by Gasteiger charge is -1.91. The minimum absolute atomic E-state index is 0.133. The van der Waals surface area contributed by atoms with Gasteiger partial charge in [0.2, 0.25) is 0 Å². The van der Waals surface area contributed by atoms with Crippen molar-refractivity contribution in [2.45, 2.75) is 34.1 Å². The third-order valence-electron chi connectivity index (χ3n) is 2.01. The first-order valence-corrected chi connectivity index (χ1v) is 8.38. The number of aliphatic hydroxyl groups excluding tert-OH is 1. The van der Waals surface area contributed by atoms with Crippen LogP contribution in [0.25, 0.3) is 6.08 Å². The molecule has 0 unspecified atom stereocenters. The average molecular weight is 311 g/mol. The zero-order valence-corrected chi connectivity index (χ0v) is 14.7. The first-order chi connectivity index (χ1) is 10.2. The molecule has 21 heavy (non-hydrogen) atoms. The Morgan fingerprint density at radius 3 is 2.48 bits per heavy atom. The monoisotopic (exact) mass is 310 g/mol. The second-order valence-corrected chi connectivity index (χ2v) is 4.63. The number of rotatable bonds is 7. The smallest absolute Gasteiger partial charge is 0.0697 e. The van der Waals surface area contributed by atoms with Crippen LogP contribution in [-0.4, -0.2) is 24.9 Å². The zero-order chi connectivity index (χ0) is 16.3. The van der Waals surface area contributed by atoms with Crippen LogP contribution in [-0.2, 0) is 4.74 Å². The van der Waals surface area contributed by atoms with Gasteiger partial charge in [0, 0.05) is 11.5 Å². The molecule has 2 nitrogen and oxygen atoms in total. The maximum absolute atomic E-state index is 8.07. The number of hydrogen-bond donors (Lipinski definition) is 1. The molecule has 3 heteroatoms. The van der Waals surface area contributed by atoms with Crippen molar-refractivity contribution in [2.24, 2.45) is 0 Å². The fourth-order valence-electron chi connectivity index (χ4n) is 1.11. The van der Waals surface area contributed by atoms with E-state index in [0.29, 0.717) is 13.2 Å². The van der Waals surface area contributed by atoms with Crippen LogP contribution in [0.15, 0.2) is 47.9 Å². The summed E-state index contributed by atoms with van der Waals surface area (Å²) in [6, 6.07) is 4.15. The Balaban J connectivity index is 0. The minimum Gasteiger partial charge on any atom is -0.394 e. The maximum atomic E-state index is 8.07. The maximum Gasteiger partial charge on any atom is 0.0697 e. The fourth-order valence-corrected chi connectivity index (χ4v) is 1.73. The van der Waals surface area contributed by atoms with Crippen LogP contribution in [0.1, 0.15) is 39.0 Å². The van der Waals surface area contributed by atoms with E-state index >= 15 is 0 Å². The standard InChI is InChI=1S/C12H14S.C4H10O2.C2H6/c1-3-4-6-11(2)8-9-12-7-5-10-13-12;1-2-6-4-3-5;1-2/h4-10H,2-3H2,1H3;5H,2-4H2,1H3;1-2H3/b6-4-,9-8+;;. The molecule has 0 saturated carbocycles. The van der Waals surface area contributed by atoms with E-state index in [9.17, 15) is 0 Å². The highest BCUT2D eigenvalue weighted by Gasteiger charge is 1.85.